The van der Waals surface area contributed by atoms with Crippen molar-refractivity contribution in [2.24, 2.45) is 0 Å². The van der Waals surface area contributed by atoms with Crippen molar-refractivity contribution in [3.8, 4) is 0 Å². The van der Waals surface area contributed by atoms with Crippen LogP contribution in [0, 0.1) is 6.92 Å². The summed E-state index contributed by atoms with van der Waals surface area (Å²) < 4.78 is 0. The number of aliphatic hydroxyl groups excluding tert-OH is 1. The quantitative estimate of drug-likeness (QED) is 0.724. The molecule has 0 aliphatic rings. The lowest BCUT2D eigenvalue weighted by Gasteiger charge is -2.13. The van der Waals surface area contributed by atoms with Crippen LogP contribution in [-0.2, 0) is 6.54 Å². The molecule has 78 valence electrons. The third kappa shape index (κ3) is 3.40. The van der Waals surface area contributed by atoms with Gasteiger partial charge in [-0.2, -0.15) is 0 Å². The molecule has 4 nitrogen and oxygen atoms in total. The van der Waals surface area contributed by atoms with Crippen molar-refractivity contribution in [2.45, 2.75) is 32.9 Å². The Morgan fingerprint density at radius 3 is 2.93 bits per heavy atom. The van der Waals surface area contributed by atoms with Crippen LogP contribution in [-0.4, -0.2) is 27.7 Å². The lowest BCUT2D eigenvalue weighted by Crippen LogP contribution is -2.31. The van der Waals surface area contributed by atoms with E-state index in [4.69, 9.17) is 5.11 Å². The van der Waals surface area contributed by atoms with E-state index >= 15 is 0 Å². The Hall–Kier alpha value is -1.00. The molecule has 0 aliphatic carbocycles. The van der Waals surface area contributed by atoms with Crippen LogP contribution in [0.3, 0.4) is 0 Å². The van der Waals surface area contributed by atoms with E-state index < -0.39 is 0 Å². The maximum absolute atomic E-state index is 8.96. The first-order chi connectivity index (χ1) is 6.76. The molecule has 1 aromatic rings. The Morgan fingerprint density at radius 2 is 2.36 bits per heavy atom. The van der Waals surface area contributed by atoms with Gasteiger partial charge in [0.15, 0.2) is 0 Å². The van der Waals surface area contributed by atoms with Gasteiger partial charge in [-0.25, -0.2) is 9.97 Å². The minimum atomic E-state index is 0.158. The van der Waals surface area contributed by atoms with Crippen molar-refractivity contribution in [1.29, 1.82) is 0 Å². The highest BCUT2D eigenvalue weighted by Gasteiger charge is 2.03. The fraction of sp³-hybridized carbons (Fsp3) is 0.600. The first-order valence-corrected chi connectivity index (χ1v) is 4.89. The zero-order valence-electron chi connectivity index (χ0n) is 8.70. The molecule has 0 bridgehead atoms. The van der Waals surface area contributed by atoms with Gasteiger partial charge in [-0.15, -0.1) is 0 Å². The van der Waals surface area contributed by atoms with Gasteiger partial charge in [0.2, 0.25) is 0 Å². The Morgan fingerprint density at radius 1 is 1.57 bits per heavy atom. The average Bonchev–Trinajstić information content (AvgIpc) is 2.19. The van der Waals surface area contributed by atoms with Crippen LogP contribution in [0.25, 0.3) is 0 Å². The Labute approximate surface area is 84.4 Å². The number of aromatic nitrogens is 2. The van der Waals surface area contributed by atoms with E-state index in [0.29, 0.717) is 6.54 Å². The van der Waals surface area contributed by atoms with Gasteiger partial charge < -0.3 is 10.4 Å². The highest BCUT2D eigenvalue weighted by atomic mass is 16.3. The zero-order chi connectivity index (χ0) is 10.4. The van der Waals surface area contributed by atoms with Gasteiger partial charge in [0, 0.05) is 18.8 Å². The maximum Gasteiger partial charge on any atom is 0.125 e. The molecule has 1 unspecified atom stereocenters. The summed E-state index contributed by atoms with van der Waals surface area (Å²) in [6.45, 7) is 4.76. The van der Waals surface area contributed by atoms with Gasteiger partial charge in [0.25, 0.3) is 0 Å². The Kier molecular flexibility index (Phi) is 4.49. The van der Waals surface area contributed by atoms with Gasteiger partial charge in [-0.1, -0.05) is 6.92 Å². The van der Waals surface area contributed by atoms with Crippen molar-refractivity contribution < 1.29 is 5.11 Å². The summed E-state index contributed by atoms with van der Waals surface area (Å²) in [5.41, 5.74) is 0.962. The van der Waals surface area contributed by atoms with Gasteiger partial charge in [-0.05, 0) is 19.4 Å². The number of aryl methyl sites for hydroxylation is 1. The average molecular weight is 195 g/mol. The predicted octanol–water partition coefficient (Wildman–Crippen LogP) is 0.646. The van der Waals surface area contributed by atoms with E-state index in [1.54, 1.807) is 6.20 Å². The van der Waals surface area contributed by atoms with E-state index in [-0.39, 0.29) is 12.6 Å². The largest absolute Gasteiger partial charge is 0.395 e. The molecule has 1 heterocycles. The molecule has 0 fully saturated rings. The number of hydrogen-bond acceptors (Lipinski definition) is 4. The van der Waals surface area contributed by atoms with E-state index in [2.05, 4.69) is 15.3 Å². The summed E-state index contributed by atoms with van der Waals surface area (Å²) in [6, 6.07) is 2.04. The molecule has 4 heteroatoms. The standard InChI is InChI=1S/C10H17N3O/c1-3-9(7-14)12-6-10-4-5-11-8(2)13-10/h4-5,9,12,14H,3,6-7H2,1-2H3. The first kappa shape index (κ1) is 11.1. The fourth-order valence-corrected chi connectivity index (χ4v) is 1.19. The lowest BCUT2D eigenvalue weighted by molar-refractivity contribution is 0.238. The summed E-state index contributed by atoms with van der Waals surface area (Å²) >= 11 is 0. The van der Waals surface area contributed by atoms with Crippen LogP contribution in [0.15, 0.2) is 12.3 Å². The molecule has 0 radical (unpaired) electrons. The molecule has 0 amide bonds. The van der Waals surface area contributed by atoms with Crippen molar-refractivity contribution in [3.63, 3.8) is 0 Å². The highest BCUT2D eigenvalue weighted by Crippen LogP contribution is 1.96. The van der Waals surface area contributed by atoms with Crippen LogP contribution in [0.5, 0.6) is 0 Å². The third-order valence-corrected chi connectivity index (χ3v) is 2.12. The zero-order valence-corrected chi connectivity index (χ0v) is 8.70. The number of hydrogen-bond donors (Lipinski definition) is 2. The van der Waals surface area contributed by atoms with Crippen LogP contribution in [0.4, 0.5) is 0 Å². The summed E-state index contributed by atoms with van der Waals surface area (Å²) in [6.07, 6.45) is 2.67. The van der Waals surface area contributed by atoms with Gasteiger partial charge >= 0.3 is 0 Å². The van der Waals surface area contributed by atoms with E-state index in [9.17, 15) is 0 Å². The molecule has 0 saturated heterocycles. The molecule has 0 aliphatic heterocycles. The Balaban J connectivity index is 2.44. The summed E-state index contributed by atoms with van der Waals surface area (Å²) in [5, 5.41) is 12.2. The second kappa shape index (κ2) is 5.67. The summed E-state index contributed by atoms with van der Waals surface area (Å²) in [7, 11) is 0. The number of aliphatic hydroxyl groups is 1. The second-order valence-electron chi connectivity index (χ2n) is 3.26. The summed E-state index contributed by atoms with van der Waals surface area (Å²) in [4.78, 5) is 8.28. The smallest absolute Gasteiger partial charge is 0.125 e. The number of nitrogens with zero attached hydrogens (tertiary/aromatic N) is 2. The molecule has 0 spiro atoms. The van der Waals surface area contributed by atoms with Gasteiger partial charge in [0.05, 0.1) is 12.3 Å². The minimum absolute atomic E-state index is 0.158. The van der Waals surface area contributed by atoms with Gasteiger partial charge in [-0.3, -0.25) is 0 Å². The number of rotatable bonds is 5. The molecule has 2 N–H and O–H groups in total. The fourth-order valence-electron chi connectivity index (χ4n) is 1.19. The van der Waals surface area contributed by atoms with Crippen LogP contribution < -0.4 is 5.32 Å². The van der Waals surface area contributed by atoms with Crippen molar-refractivity contribution in [2.75, 3.05) is 6.61 Å². The molecule has 0 aromatic carbocycles. The molecule has 1 aromatic heterocycles. The molecule has 0 saturated carbocycles. The SMILES string of the molecule is CCC(CO)NCc1ccnc(C)n1. The van der Waals surface area contributed by atoms with Crippen LogP contribution >= 0.6 is 0 Å². The van der Waals surface area contributed by atoms with Crippen LogP contribution in [0.2, 0.25) is 0 Å². The van der Waals surface area contributed by atoms with Crippen molar-refractivity contribution >= 4 is 0 Å². The van der Waals surface area contributed by atoms with Crippen LogP contribution in [0.1, 0.15) is 24.9 Å². The monoisotopic (exact) mass is 195 g/mol. The van der Waals surface area contributed by atoms with E-state index in [0.717, 1.165) is 17.9 Å². The second-order valence-corrected chi connectivity index (χ2v) is 3.26. The molecule has 14 heavy (non-hydrogen) atoms. The third-order valence-electron chi connectivity index (χ3n) is 2.12. The van der Waals surface area contributed by atoms with E-state index in [1.165, 1.54) is 0 Å². The molecule has 1 rings (SSSR count). The van der Waals surface area contributed by atoms with Crippen molar-refractivity contribution in [3.05, 3.63) is 23.8 Å². The van der Waals surface area contributed by atoms with Gasteiger partial charge in [0.1, 0.15) is 5.82 Å². The normalized spacial score (nSPS) is 12.8. The maximum atomic E-state index is 8.96. The Bertz CT molecular complexity index is 274. The minimum Gasteiger partial charge on any atom is -0.395 e. The van der Waals surface area contributed by atoms with Crippen molar-refractivity contribution in [1.82, 2.24) is 15.3 Å². The number of nitrogens with one attached hydrogen (secondary N) is 1. The predicted molar refractivity (Wildman–Crippen MR) is 54.8 cm³/mol. The topological polar surface area (TPSA) is 58.0 Å². The molecular weight excluding hydrogens is 178 g/mol. The van der Waals surface area contributed by atoms with E-state index in [1.807, 2.05) is 19.9 Å². The first-order valence-electron chi connectivity index (χ1n) is 4.89. The molecule has 1 atom stereocenters. The lowest BCUT2D eigenvalue weighted by atomic mass is 10.2. The molecular formula is C10H17N3O. The summed E-state index contributed by atoms with van der Waals surface area (Å²) in [5.74, 6) is 0.779. The highest BCUT2D eigenvalue weighted by molar-refractivity contribution is 5.01.